The lowest BCUT2D eigenvalue weighted by Gasteiger charge is -2.44. The molecule has 12 heteroatoms. The van der Waals surface area contributed by atoms with E-state index in [0.717, 1.165) is 23.3 Å². The second kappa shape index (κ2) is 9.37. The molecule has 9 nitrogen and oxygen atoms in total. The number of carbonyl (C=O) groups excluding carboxylic acids is 1. The molecule has 4 heterocycles. The molecule has 2 aliphatic rings. The van der Waals surface area contributed by atoms with Crippen LogP contribution in [0.4, 0.5) is 4.39 Å². The van der Waals surface area contributed by atoms with Crippen molar-refractivity contribution in [1.82, 2.24) is 28.9 Å². The number of thiazole rings is 1. The molecule has 0 bridgehead atoms. The number of hydrogen-bond acceptors (Lipinski definition) is 7. The number of aryl methyl sites for hydroxylation is 1. The Morgan fingerprint density at radius 2 is 2.00 bits per heavy atom. The van der Waals surface area contributed by atoms with Crippen LogP contribution in [-0.2, 0) is 23.0 Å². The van der Waals surface area contributed by atoms with E-state index in [4.69, 9.17) is 0 Å². The summed E-state index contributed by atoms with van der Waals surface area (Å²) in [5.74, 6) is -0.532. The Bertz CT molecular complexity index is 1640. The lowest BCUT2D eigenvalue weighted by Crippen LogP contribution is -2.53. The number of aromatic nitrogens is 5. The maximum Gasteiger partial charge on any atom is 0.246 e. The fraction of sp³-hybridized carbons (Fsp3) is 0.308. The van der Waals surface area contributed by atoms with Crippen LogP contribution in [-0.4, -0.2) is 56.1 Å². The van der Waals surface area contributed by atoms with Crippen molar-refractivity contribution < 1.29 is 17.6 Å². The standard InChI is InChI=1S/C26H25FN6O3S2/c1-2-9-31-16-22(15-29-31)38(35,36)32-10-7-19-12-23-18(14-30-33(23)21-5-3-20(27)4-6-21)13-26(19,17-32)24(34)25-28-8-11-37-25/h3-6,8,11-12,14-16H,2,7,9-10,13,17H2,1H3. The monoisotopic (exact) mass is 552 g/mol. The molecule has 6 rings (SSSR count). The number of halogens is 1. The number of ketones is 1. The van der Waals surface area contributed by atoms with Gasteiger partial charge in [0.15, 0.2) is 5.01 Å². The van der Waals surface area contributed by atoms with E-state index in [9.17, 15) is 17.6 Å². The van der Waals surface area contributed by atoms with Crippen molar-refractivity contribution in [2.75, 3.05) is 13.1 Å². The summed E-state index contributed by atoms with van der Waals surface area (Å²) in [6.45, 7) is 2.85. The van der Waals surface area contributed by atoms with Gasteiger partial charge in [0, 0.05) is 37.4 Å². The average Bonchev–Trinajstić information content (AvgIpc) is 3.69. The highest BCUT2D eigenvalue weighted by molar-refractivity contribution is 7.89. The molecule has 0 spiro atoms. The SMILES string of the molecule is CCCn1cc(S(=O)(=O)N2CCC3=Cc4c(cnn4-c4ccc(F)cc4)CC3(C(=O)c3nccs3)C2)cn1. The first-order valence-electron chi connectivity index (χ1n) is 12.3. The molecule has 1 atom stereocenters. The molecule has 0 amide bonds. The summed E-state index contributed by atoms with van der Waals surface area (Å²) in [6.07, 6.45) is 9.65. The molecule has 4 aromatic rings. The van der Waals surface area contributed by atoms with Gasteiger partial charge in [-0.15, -0.1) is 11.3 Å². The number of carbonyl (C=O) groups is 1. The van der Waals surface area contributed by atoms with E-state index in [-0.39, 0.29) is 36.0 Å². The van der Waals surface area contributed by atoms with E-state index >= 15 is 0 Å². The first-order valence-corrected chi connectivity index (χ1v) is 14.6. The van der Waals surface area contributed by atoms with E-state index in [1.807, 2.05) is 13.0 Å². The third-order valence-electron chi connectivity index (χ3n) is 7.21. The molecule has 1 aliphatic heterocycles. The molecule has 38 heavy (non-hydrogen) atoms. The van der Waals surface area contributed by atoms with Crippen LogP contribution in [0.25, 0.3) is 11.8 Å². The highest BCUT2D eigenvalue weighted by Crippen LogP contribution is 2.47. The first-order chi connectivity index (χ1) is 18.3. The number of fused-ring (bicyclic) bond motifs is 2. The number of sulfonamides is 1. The minimum Gasteiger partial charge on any atom is -0.290 e. The fourth-order valence-corrected chi connectivity index (χ4v) is 7.46. The van der Waals surface area contributed by atoms with E-state index in [2.05, 4.69) is 15.2 Å². The summed E-state index contributed by atoms with van der Waals surface area (Å²) < 4.78 is 45.6. The Balaban J connectivity index is 1.41. The highest BCUT2D eigenvalue weighted by atomic mass is 32.2. The van der Waals surface area contributed by atoms with Gasteiger partial charge in [-0.3, -0.25) is 9.48 Å². The average molecular weight is 553 g/mol. The molecule has 0 radical (unpaired) electrons. The number of piperidine rings is 1. The van der Waals surface area contributed by atoms with Gasteiger partial charge in [0.05, 0.1) is 29.2 Å². The maximum atomic E-state index is 14.0. The van der Waals surface area contributed by atoms with Crippen LogP contribution < -0.4 is 0 Å². The van der Waals surface area contributed by atoms with Crippen molar-refractivity contribution >= 4 is 33.2 Å². The normalized spacial score (nSPS) is 19.6. The smallest absolute Gasteiger partial charge is 0.246 e. The van der Waals surface area contributed by atoms with Crippen molar-refractivity contribution in [1.29, 1.82) is 0 Å². The second-order valence-corrected chi connectivity index (χ2v) is 12.4. The molecule has 1 aromatic carbocycles. The van der Waals surface area contributed by atoms with E-state index in [0.29, 0.717) is 23.7 Å². The largest absolute Gasteiger partial charge is 0.290 e. The Hall–Kier alpha value is -3.48. The molecule has 1 fully saturated rings. The van der Waals surface area contributed by atoms with Crippen LogP contribution in [0.15, 0.2) is 64.9 Å². The summed E-state index contributed by atoms with van der Waals surface area (Å²) in [6, 6.07) is 6.05. The molecular formula is C26H25FN6O3S2. The predicted octanol–water partition coefficient (Wildman–Crippen LogP) is 3.98. The second-order valence-electron chi connectivity index (χ2n) is 9.57. The van der Waals surface area contributed by atoms with Crippen LogP contribution in [0.1, 0.15) is 40.8 Å². The van der Waals surface area contributed by atoms with Crippen molar-refractivity contribution in [2.24, 2.45) is 5.41 Å². The van der Waals surface area contributed by atoms with E-state index in [1.165, 1.54) is 34.0 Å². The third kappa shape index (κ3) is 4.03. The molecule has 1 aliphatic carbocycles. The minimum absolute atomic E-state index is 0.000292. The van der Waals surface area contributed by atoms with Gasteiger partial charge in [0.25, 0.3) is 0 Å². The van der Waals surface area contributed by atoms with E-state index < -0.39 is 15.4 Å². The molecule has 0 N–H and O–H groups in total. The van der Waals surface area contributed by atoms with Gasteiger partial charge < -0.3 is 0 Å². The zero-order valence-electron chi connectivity index (χ0n) is 20.6. The number of rotatable bonds is 7. The van der Waals surface area contributed by atoms with Crippen molar-refractivity contribution in [2.45, 2.75) is 37.6 Å². The van der Waals surface area contributed by atoms with Gasteiger partial charge in [0.2, 0.25) is 15.8 Å². The first kappa shape index (κ1) is 24.8. The van der Waals surface area contributed by atoms with Crippen LogP contribution in [0.5, 0.6) is 0 Å². The summed E-state index contributed by atoms with van der Waals surface area (Å²) in [5, 5.41) is 10.8. The lowest BCUT2D eigenvalue weighted by molar-refractivity contribution is 0.0775. The summed E-state index contributed by atoms with van der Waals surface area (Å²) in [5.41, 5.74) is 2.07. The molecule has 1 saturated heterocycles. The summed E-state index contributed by atoms with van der Waals surface area (Å²) in [7, 11) is -3.87. The van der Waals surface area contributed by atoms with Crippen LogP contribution in [0.3, 0.4) is 0 Å². The van der Waals surface area contributed by atoms with Gasteiger partial charge in [0.1, 0.15) is 10.7 Å². The van der Waals surface area contributed by atoms with Gasteiger partial charge in [-0.25, -0.2) is 22.5 Å². The Kier molecular flexibility index (Phi) is 6.12. The van der Waals surface area contributed by atoms with Gasteiger partial charge in [-0.1, -0.05) is 12.5 Å². The predicted molar refractivity (Wildman–Crippen MR) is 140 cm³/mol. The molecular weight excluding hydrogens is 527 g/mol. The highest BCUT2D eigenvalue weighted by Gasteiger charge is 2.51. The number of benzene rings is 1. The van der Waals surface area contributed by atoms with Gasteiger partial charge >= 0.3 is 0 Å². The fourth-order valence-electron chi connectivity index (χ4n) is 5.33. The zero-order chi connectivity index (χ0) is 26.5. The quantitative estimate of drug-likeness (QED) is 0.322. The summed E-state index contributed by atoms with van der Waals surface area (Å²) >= 11 is 1.25. The van der Waals surface area contributed by atoms with Crippen molar-refractivity contribution in [3.63, 3.8) is 0 Å². The Labute approximate surface area is 223 Å². The van der Waals surface area contributed by atoms with Gasteiger partial charge in [-0.05, 0) is 55.2 Å². The lowest BCUT2D eigenvalue weighted by atomic mass is 9.66. The Morgan fingerprint density at radius 1 is 1.18 bits per heavy atom. The van der Waals surface area contributed by atoms with Crippen LogP contribution >= 0.6 is 11.3 Å². The molecule has 3 aromatic heterocycles. The number of hydrogen-bond donors (Lipinski definition) is 0. The van der Waals surface area contributed by atoms with Gasteiger partial charge in [-0.2, -0.15) is 14.5 Å². The molecule has 1 unspecified atom stereocenters. The van der Waals surface area contributed by atoms with Crippen LogP contribution in [0, 0.1) is 11.2 Å². The summed E-state index contributed by atoms with van der Waals surface area (Å²) in [4.78, 5) is 18.4. The topological polar surface area (TPSA) is 103 Å². The van der Waals surface area contributed by atoms with Crippen molar-refractivity contribution in [3.8, 4) is 5.69 Å². The number of Topliss-reactive ketones (excluding diaryl/α,β-unsaturated/α-hetero) is 1. The molecule has 196 valence electrons. The Morgan fingerprint density at radius 3 is 2.74 bits per heavy atom. The maximum absolute atomic E-state index is 14.0. The van der Waals surface area contributed by atoms with Crippen molar-refractivity contribution in [3.05, 3.63) is 82.1 Å². The minimum atomic E-state index is -3.87. The van der Waals surface area contributed by atoms with Crippen LogP contribution in [0.2, 0.25) is 0 Å². The zero-order valence-corrected chi connectivity index (χ0v) is 22.3. The molecule has 0 saturated carbocycles. The number of nitrogens with zero attached hydrogens (tertiary/aromatic N) is 6. The third-order valence-corrected chi connectivity index (χ3v) is 9.78. The van der Waals surface area contributed by atoms with E-state index in [1.54, 1.807) is 45.5 Å².